The summed E-state index contributed by atoms with van der Waals surface area (Å²) in [5.74, 6) is -3.59. The monoisotopic (exact) mass is 1620 g/mol. The third-order valence-corrected chi connectivity index (χ3v) is 20.3. The van der Waals surface area contributed by atoms with Gasteiger partial charge >= 0.3 is 0 Å². The van der Waals surface area contributed by atoms with E-state index in [1.807, 2.05) is 0 Å². The van der Waals surface area contributed by atoms with Gasteiger partial charge in [-0.2, -0.15) is 0 Å². The molecular formula is C62H104N4O45. The van der Waals surface area contributed by atoms with Crippen LogP contribution in [0.5, 0.6) is 0 Å². The second kappa shape index (κ2) is 39.7. The van der Waals surface area contributed by atoms with E-state index in [1.54, 1.807) is 0 Å². The number of rotatable bonds is 28. The lowest BCUT2D eigenvalue weighted by molar-refractivity contribution is -0.396. The number of amides is 4. The summed E-state index contributed by atoms with van der Waals surface area (Å²) in [6.45, 7) is -3.36. The maximum absolute atomic E-state index is 13.2. The molecule has 0 saturated carbocycles. The van der Waals surface area contributed by atoms with Gasteiger partial charge in [-0.3, -0.25) is 19.2 Å². The highest BCUT2D eigenvalue weighted by Crippen LogP contribution is 2.40. The molecule has 49 heteroatoms. The van der Waals surface area contributed by atoms with Crippen molar-refractivity contribution in [3.05, 3.63) is 0 Å². The summed E-state index contributed by atoms with van der Waals surface area (Å²) in [5, 5.41) is 276. The topological polar surface area (TPSA) is 759 Å². The number of aliphatic hydroxyl groups excluding tert-OH is 24. The fourth-order valence-corrected chi connectivity index (χ4v) is 14.3. The molecular weight excluding hydrogens is 1520 g/mol. The summed E-state index contributed by atoms with van der Waals surface area (Å²) >= 11 is 0. The Balaban J connectivity index is 1.05. The van der Waals surface area contributed by atoms with E-state index in [0.29, 0.717) is 0 Å². The van der Waals surface area contributed by atoms with Gasteiger partial charge in [-0.1, -0.05) is 0 Å². The first kappa shape index (κ1) is 91.1. The standard InChI is InChI=1S/C62H104N4O45/c1-14-31(77)41(87)45(91)58(97-14)95-13-26-50(38(84)27(54(94)98-26)63-15(2)73)106-56-29(65-17(4)75)39(85)49(24(11-72)103-56)108-60-47(93)51(109-62-53(44(90)35(81)22(9-70)102-62)111-55-28(64-16(3)74)37(83)32(78)19(6-67)99-55)36(82)25(105-60)12-96-61-52(43(89)34(80)21(8-69)101-61)110-57-30(66-18(5)76)40(86)48(23(10-71)104-57)107-59-46(92)42(88)33(79)20(7-68)100-59/h14,19-62,67-72,77-94H,6-13H2,1-5H3,(H,63,73)(H,64,74)(H,65,75)(H,66,76)/t14-,19-,20-,21-,22-,23-,24-,25-,26-,27-,28-,29-,30-,31+,32-,33+,34-,35-,36-,37-,38-,39-,40-,41+,42+,43+,44+,45-,46-,47+,48-,49-,50-,51+,52-,53-,54-,55+,56+,57+,58+,59+,60+,61+,62-/m1/s1. The second-order valence-electron chi connectivity index (χ2n) is 28.2. The molecule has 0 spiro atoms. The second-order valence-corrected chi connectivity index (χ2v) is 28.2. The predicted octanol–water partition coefficient (Wildman–Crippen LogP) is -19.0. The van der Waals surface area contributed by atoms with E-state index < -0.39 is 353 Å². The Kier molecular flexibility index (Phi) is 32.6. The van der Waals surface area contributed by atoms with Gasteiger partial charge in [-0.15, -0.1) is 0 Å². The van der Waals surface area contributed by atoms with Crippen molar-refractivity contribution in [1.82, 2.24) is 21.3 Å². The van der Waals surface area contributed by atoms with E-state index in [4.69, 9.17) is 80.5 Å². The molecule has 4 amide bonds. The quantitative estimate of drug-likeness (QED) is 0.0346. The summed E-state index contributed by atoms with van der Waals surface area (Å²) < 4.78 is 101. The molecule has 28 N–H and O–H groups in total. The van der Waals surface area contributed by atoms with Gasteiger partial charge in [-0.05, 0) is 6.92 Å². The highest BCUT2D eigenvalue weighted by atomic mass is 16.8. The minimum Gasteiger partial charge on any atom is -0.394 e. The molecule has 642 valence electrons. The Hall–Kier alpha value is -3.76. The summed E-state index contributed by atoms with van der Waals surface area (Å²) in [4.78, 5) is 50.9. The van der Waals surface area contributed by atoms with E-state index in [9.17, 15) is 142 Å². The maximum Gasteiger partial charge on any atom is 0.217 e. The van der Waals surface area contributed by atoms with E-state index in [0.717, 1.165) is 27.7 Å². The number of ether oxygens (including phenoxy) is 17. The van der Waals surface area contributed by atoms with E-state index in [1.165, 1.54) is 6.92 Å². The van der Waals surface area contributed by atoms with Crippen LogP contribution in [-0.2, 0) is 99.7 Å². The minimum atomic E-state index is -2.55. The fourth-order valence-electron chi connectivity index (χ4n) is 14.3. The average molecular weight is 1630 g/mol. The Labute approximate surface area is 629 Å². The van der Waals surface area contributed by atoms with Gasteiger partial charge in [0.1, 0.15) is 213 Å². The number of carbonyl (C=O) groups excluding carboxylic acids is 4. The molecule has 9 rings (SSSR count). The zero-order chi connectivity index (χ0) is 81.8. The zero-order valence-corrected chi connectivity index (χ0v) is 59.9. The van der Waals surface area contributed by atoms with Crippen LogP contribution in [0.2, 0.25) is 0 Å². The maximum atomic E-state index is 13.2. The normalized spacial score (nSPS) is 49.3. The van der Waals surface area contributed by atoms with Gasteiger partial charge in [0.2, 0.25) is 23.6 Å². The van der Waals surface area contributed by atoms with Crippen molar-refractivity contribution in [2.45, 2.75) is 311 Å². The summed E-state index contributed by atoms with van der Waals surface area (Å²) in [7, 11) is 0. The van der Waals surface area contributed by atoms with Crippen molar-refractivity contribution in [3.63, 3.8) is 0 Å². The van der Waals surface area contributed by atoms with Gasteiger partial charge in [0.25, 0.3) is 0 Å². The largest absolute Gasteiger partial charge is 0.394 e. The van der Waals surface area contributed by atoms with Crippen molar-refractivity contribution in [2.24, 2.45) is 0 Å². The lowest BCUT2D eigenvalue weighted by atomic mass is 9.93. The van der Waals surface area contributed by atoms with Crippen LogP contribution >= 0.6 is 0 Å². The molecule has 49 nitrogen and oxygen atoms in total. The molecule has 9 saturated heterocycles. The number of hydrogen-bond acceptors (Lipinski definition) is 45. The Morgan fingerprint density at radius 2 is 0.559 bits per heavy atom. The van der Waals surface area contributed by atoms with Gasteiger partial charge < -0.3 is 224 Å². The van der Waals surface area contributed by atoms with Crippen LogP contribution < -0.4 is 21.3 Å². The van der Waals surface area contributed by atoms with Crippen LogP contribution in [0.15, 0.2) is 0 Å². The Morgan fingerprint density at radius 3 is 1.03 bits per heavy atom. The lowest BCUT2D eigenvalue weighted by Gasteiger charge is -2.51. The number of aliphatic hydroxyl groups is 24. The number of nitrogens with one attached hydrogen (secondary N) is 4. The van der Waals surface area contributed by atoms with Gasteiger partial charge in [0.15, 0.2) is 56.6 Å². The van der Waals surface area contributed by atoms with Crippen molar-refractivity contribution in [2.75, 3.05) is 52.9 Å². The van der Waals surface area contributed by atoms with Crippen molar-refractivity contribution >= 4 is 23.6 Å². The first-order valence-electron chi connectivity index (χ1n) is 35.5. The third-order valence-electron chi connectivity index (χ3n) is 20.3. The molecule has 9 aliphatic rings. The van der Waals surface area contributed by atoms with Crippen LogP contribution in [0.25, 0.3) is 0 Å². The summed E-state index contributed by atoms with van der Waals surface area (Å²) in [6, 6.07) is -7.39. The lowest BCUT2D eigenvalue weighted by Crippen LogP contribution is -2.71. The third kappa shape index (κ3) is 20.3. The molecule has 0 aromatic rings. The number of carbonyl (C=O) groups is 4. The Morgan fingerprint density at radius 1 is 0.252 bits per heavy atom. The molecule has 0 aromatic heterocycles. The highest BCUT2D eigenvalue weighted by molar-refractivity contribution is 5.74. The molecule has 0 aliphatic carbocycles. The Bertz CT molecular complexity index is 2950. The molecule has 0 unspecified atom stereocenters. The minimum absolute atomic E-state index is 0.827. The first-order valence-corrected chi connectivity index (χ1v) is 35.5. The molecule has 9 aliphatic heterocycles. The van der Waals surface area contributed by atoms with Crippen LogP contribution in [0, 0.1) is 0 Å². The van der Waals surface area contributed by atoms with Gasteiger partial charge in [0.05, 0.1) is 59.0 Å². The average Bonchev–Trinajstić information content (AvgIpc) is 0.774. The van der Waals surface area contributed by atoms with Gasteiger partial charge in [-0.25, -0.2) is 0 Å². The smallest absolute Gasteiger partial charge is 0.217 e. The molecule has 45 atom stereocenters. The molecule has 111 heavy (non-hydrogen) atoms. The van der Waals surface area contributed by atoms with Gasteiger partial charge in [0, 0.05) is 27.7 Å². The molecule has 0 aromatic carbocycles. The SMILES string of the molecule is CC(=O)N[C@@H]1[C@@H](O)[C@H](O[C@@H]2O[C@H](CO)[C@@H](O[C@@H]3O[C@H](CO[C@H]4O[C@H](CO)[C@@H](O)[C@H](O)[C@H]4O[C@@H]4O[C@H](CO)[C@@H](O[C@@H]5O[C@H](CO)[C@H](O)[C@H](O)[C@H]5O)[C@H](O)[C@H]4NC(C)=O)[C@@H](O)[C@H](O[C@H]4O[C@H](CO)[C@@H](O)[C@H](O)[C@H]4O[C@@H]4O[C@H](CO)[C@@H](O)[C@H](O)[C@H]4NC(C)=O)[C@@H]3O)[C@H](O)[C@H]2NC(C)=O)[C@@H](CO[C@H]2O[C@H](C)[C@H](O)[C@H](O)[C@H]2O)O[C@H]1O. The zero-order valence-electron chi connectivity index (χ0n) is 59.9. The van der Waals surface area contributed by atoms with Crippen molar-refractivity contribution < 1.29 is 222 Å². The van der Waals surface area contributed by atoms with E-state index >= 15 is 0 Å². The fraction of sp³-hybridized carbons (Fsp3) is 0.935. The highest BCUT2D eigenvalue weighted by Gasteiger charge is 2.61. The molecule has 0 bridgehead atoms. The molecule has 0 radical (unpaired) electrons. The van der Waals surface area contributed by atoms with Crippen molar-refractivity contribution in [3.8, 4) is 0 Å². The first-order chi connectivity index (χ1) is 52.4. The van der Waals surface area contributed by atoms with Crippen molar-refractivity contribution in [1.29, 1.82) is 0 Å². The van der Waals surface area contributed by atoms with E-state index in [2.05, 4.69) is 21.3 Å². The van der Waals surface area contributed by atoms with Crippen LogP contribution in [-0.4, -0.2) is 475 Å². The van der Waals surface area contributed by atoms with Crippen LogP contribution in [0.4, 0.5) is 0 Å². The summed E-state index contributed by atoms with van der Waals surface area (Å²) in [5.41, 5.74) is 0. The van der Waals surface area contributed by atoms with Crippen LogP contribution in [0.1, 0.15) is 34.6 Å². The summed E-state index contributed by atoms with van der Waals surface area (Å²) in [6.07, 6.45) is -83.2. The predicted molar refractivity (Wildman–Crippen MR) is 342 cm³/mol. The molecule has 9 heterocycles. The van der Waals surface area contributed by atoms with Crippen LogP contribution in [0.3, 0.4) is 0 Å². The number of hydrogen-bond donors (Lipinski definition) is 28. The van der Waals surface area contributed by atoms with E-state index in [-0.39, 0.29) is 0 Å². The molecule has 9 fully saturated rings.